The average molecular weight is 245 g/mol. The van der Waals surface area contributed by atoms with Gasteiger partial charge in [-0.3, -0.25) is 0 Å². The fraction of sp³-hybridized carbons (Fsp3) is 0.200. The van der Waals surface area contributed by atoms with Crippen molar-refractivity contribution in [2.45, 2.75) is 6.92 Å². The number of nitrogens with zero attached hydrogens (tertiary/aromatic N) is 1. The van der Waals surface area contributed by atoms with Crippen LogP contribution in [0, 0.1) is 5.82 Å². The highest BCUT2D eigenvalue weighted by molar-refractivity contribution is 6.35. The second-order valence-corrected chi connectivity index (χ2v) is 3.50. The summed E-state index contributed by atoms with van der Waals surface area (Å²) < 4.78 is 18.0. The molecule has 0 fully saturated rings. The number of pyridine rings is 1. The Labute approximate surface area is 96.9 Å². The monoisotopic (exact) mass is 244 g/mol. The summed E-state index contributed by atoms with van der Waals surface area (Å²) in [5, 5.41) is -0.255. The van der Waals surface area contributed by atoms with Crippen molar-refractivity contribution in [2.24, 2.45) is 0 Å². The molecule has 4 nitrogen and oxygen atoms in total. The minimum atomic E-state index is -0.787. The fourth-order valence-corrected chi connectivity index (χ4v) is 1.28. The maximum atomic E-state index is 13.6. The van der Waals surface area contributed by atoms with Crippen molar-refractivity contribution in [3.8, 4) is 0 Å². The Hall–Kier alpha value is -1.62. The maximum absolute atomic E-state index is 13.6. The molecule has 0 saturated carbocycles. The third kappa shape index (κ3) is 1.99. The minimum absolute atomic E-state index is 0.0951. The Balaban J connectivity index is 3.53. The van der Waals surface area contributed by atoms with E-state index in [1.54, 1.807) is 6.92 Å². The second-order valence-electron chi connectivity index (χ2n) is 3.12. The summed E-state index contributed by atoms with van der Waals surface area (Å²) in [5.41, 5.74) is 5.10. The Kier molecular flexibility index (Phi) is 3.49. The van der Waals surface area contributed by atoms with Crippen LogP contribution in [0.5, 0.6) is 0 Å². The van der Waals surface area contributed by atoms with E-state index < -0.39 is 11.8 Å². The van der Waals surface area contributed by atoms with Crippen molar-refractivity contribution >= 4 is 28.8 Å². The Morgan fingerprint density at radius 2 is 2.12 bits per heavy atom. The molecule has 0 amide bonds. The molecule has 1 heterocycles. The molecule has 0 saturated heterocycles. The van der Waals surface area contributed by atoms with Crippen molar-refractivity contribution in [3.63, 3.8) is 0 Å². The van der Waals surface area contributed by atoms with Gasteiger partial charge in [0.25, 0.3) is 0 Å². The van der Waals surface area contributed by atoms with E-state index in [1.807, 2.05) is 0 Å². The summed E-state index contributed by atoms with van der Waals surface area (Å²) in [4.78, 5) is 15.0. The molecule has 1 rings (SSSR count). The van der Waals surface area contributed by atoms with Gasteiger partial charge in [0, 0.05) is 0 Å². The lowest BCUT2D eigenvalue weighted by atomic mass is 10.1. The predicted octanol–water partition coefficient (Wildman–Crippen LogP) is 2.28. The summed E-state index contributed by atoms with van der Waals surface area (Å²) in [6.07, 6.45) is 0. The van der Waals surface area contributed by atoms with E-state index in [9.17, 15) is 9.18 Å². The lowest BCUT2D eigenvalue weighted by Gasteiger charge is -2.09. The summed E-state index contributed by atoms with van der Waals surface area (Å²) in [5.74, 6) is -1.57. The predicted molar refractivity (Wildman–Crippen MR) is 59.7 cm³/mol. The molecule has 1 aromatic rings. The van der Waals surface area contributed by atoms with Crippen LogP contribution in [0.3, 0.4) is 0 Å². The number of hydrogen-bond acceptors (Lipinski definition) is 4. The number of carbonyl (C=O) groups is 1. The first-order valence-electron chi connectivity index (χ1n) is 4.28. The number of nitrogens with two attached hydrogens (primary N) is 1. The number of anilines is 1. The van der Waals surface area contributed by atoms with E-state index in [2.05, 4.69) is 16.3 Å². The van der Waals surface area contributed by atoms with Crippen molar-refractivity contribution < 1.29 is 13.9 Å². The maximum Gasteiger partial charge on any atom is 0.358 e. The van der Waals surface area contributed by atoms with Gasteiger partial charge in [-0.1, -0.05) is 18.2 Å². The van der Waals surface area contributed by atoms with Crippen LogP contribution in [0.2, 0.25) is 5.02 Å². The van der Waals surface area contributed by atoms with Crippen LogP contribution in [0.4, 0.5) is 10.1 Å². The van der Waals surface area contributed by atoms with Gasteiger partial charge in [-0.2, -0.15) is 0 Å². The molecule has 0 unspecified atom stereocenters. The molecule has 86 valence electrons. The van der Waals surface area contributed by atoms with Gasteiger partial charge in [0.05, 0.1) is 17.8 Å². The fourth-order valence-electron chi connectivity index (χ4n) is 1.08. The first-order chi connectivity index (χ1) is 7.40. The van der Waals surface area contributed by atoms with Crippen molar-refractivity contribution in [1.82, 2.24) is 4.98 Å². The average Bonchev–Trinajstić information content (AvgIpc) is 2.25. The number of methoxy groups -OCH3 is 1. The van der Waals surface area contributed by atoms with Gasteiger partial charge < -0.3 is 10.5 Å². The first-order valence-corrected chi connectivity index (χ1v) is 4.66. The molecule has 1 aromatic heterocycles. The lowest BCUT2D eigenvalue weighted by Crippen LogP contribution is -2.11. The van der Waals surface area contributed by atoms with Crippen LogP contribution in [-0.4, -0.2) is 18.1 Å². The van der Waals surface area contributed by atoms with Crippen LogP contribution in [0.25, 0.3) is 5.57 Å². The van der Waals surface area contributed by atoms with Gasteiger partial charge in [-0.05, 0) is 12.5 Å². The van der Waals surface area contributed by atoms with Gasteiger partial charge >= 0.3 is 5.97 Å². The summed E-state index contributed by atoms with van der Waals surface area (Å²) in [6.45, 7) is 5.07. The van der Waals surface area contributed by atoms with Gasteiger partial charge in [0.1, 0.15) is 5.69 Å². The molecule has 0 aromatic carbocycles. The lowest BCUT2D eigenvalue weighted by molar-refractivity contribution is 0.0594. The molecular formula is C10H10ClFN2O2. The molecule has 0 bridgehead atoms. The molecule has 0 radical (unpaired) electrons. The molecule has 0 aliphatic carbocycles. The molecule has 0 atom stereocenters. The first kappa shape index (κ1) is 12.4. The molecular weight excluding hydrogens is 235 g/mol. The van der Waals surface area contributed by atoms with Crippen molar-refractivity contribution in [1.29, 1.82) is 0 Å². The standard InChI is InChI=1S/C10H10ClFN2O2/c1-4(2)8-6(12)7(13)5(11)9(14-8)10(15)16-3/h1H2,2-3H3,(H2,13,14). The van der Waals surface area contributed by atoms with Crippen LogP contribution < -0.4 is 5.73 Å². The highest BCUT2D eigenvalue weighted by Crippen LogP contribution is 2.29. The minimum Gasteiger partial charge on any atom is -0.464 e. The van der Waals surface area contributed by atoms with Crippen LogP contribution in [-0.2, 0) is 4.74 Å². The van der Waals surface area contributed by atoms with Crippen LogP contribution >= 0.6 is 11.6 Å². The summed E-state index contributed by atoms with van der Waals surface area (Å²) in [6, 6.07) is 0. The zero-order chi connectivity index (χ0) is 12.5. The zero-order valence-electron chi connectivity index (χ0n) is 8.80. The number of aromatic nitrogens is 1. The molecule has 0 aliphatic heterocycles. The number of esters is 1. The Morgan fingerprint density at radius 3 is 2.56 bits per heavy atom. The third-order valence-electron chi connectivity index (χ3n) is 1.90. The summed E-state index contributed by atoms with van der Waals surface area (Å²) in [7, 11) is 1.17. The molecule has 0 spiro atoms. The van der Waals surface area contributed by atoms with E-state index in [-0.39, 0.29) is 22.1 Å². The van der Waals surface area contributed by atoms with Crippen molar-refractivity contribution in [2.75, 3.05) is 12.8 Å². The van der Waals surface area contributed by atoms with Gasteiger partial charge in [0.2, 0.25) is 0 Å². The number of allylic oxidation sites excluding steroid dienone is 1. The van der Waals surface area contributed by atoms with Gasteiger partial charge in [-0.25, -0.2) is 14.2 Å². The number of rotatable bonds is 2. The topological polar surface area (TPSA) is 65.2 Å². The molecule has 16 heavy (non-hydrogen) atoms. The number of carbonyl (C=O) groups excluding carboxylic acids is 1. The van der Waals surface area contributed by atoms with E-state index in [1.165, 1.54) is 7.11 Å². The number of halogens is 2. The van der Waals surface area contributed by atoms with E-state index in [0.29, 0.717) is 5.57 Å². The SMILES string of the molecule is C=C(C)c1nc(C(=O)OC)c(Cl)c(N)c1F. The second kappa shape index (κ2) is 4.49. The summed E-state index contributed by atoms with van der Waals surface area (Å²) >= 11 is 5.69. The highest BCUT2D eigenvalue weighted by Gasteiger charge is 2.21. The third-order valence-corrected chi connectivity index (χ3v) is 2.28. The van der Waals surface area contributed by atoms with E-state index in [4.69, 9.17) is 17.3 Å². The Morgan fingerprint density at radius 1 is 1.56 bits per heavy atom. The van der Waals surface area contributed by atoms with Crippen molar-refractivity contribution in [3.05, 3.63) is 28.8 Å². The van der Waals surface area contributed by atoms with Gasteiger partial charge in [-0.15, -0.1) is 0 Å². The van der Waals surface area contributed by atoms with Gasteiger partial charge in [0.15, 0.2) is 11.5 Å². The zero-order valence-corrected chi connectivity index (χ0v) is 9.56. The van der Waals surface area contributed by atoms with Crippen LogP contribution in [0.1, 0.15) is 23.1 Å². The molecule has 0 aliphatic rings. The molecule has 2 N–H and O–H groups in total. The number of ether oxygens (including phenoxy) is 1. The number of hydrogen-bond donors (Lipinski definition) is 1. The molecule has 6 heteroatoms. The van der Waals surface area contributed by atoms with Crippen LogP contribution in [0.15, 0.2) is 6.58 Å². The Bertz CT molecular complexity index is 474. The van der Waals surface area contributed by atoms with E-state index >= 15 is 0 Å². The van der Waals surface area contributed by atoms with E-state index in [0.717, 1.165) is 0 Å². The quantitative estimate of drug-likeness (QED) is 0.811. The smallest absolute Gasteiger partial charge is 0.358 e. The highest BCUT2D eigenvalue weighted by atomic mass is 35.5. The number of nitrogen functional groups attached to an aromatic ring is 1. The largest absolute Gasteiger partial charge is 0.464 e. The normalized spacial score (nSPS) is 10.0.